The number of halogens is 1. The zero-order valence-electron chi connectivity index (χ0n) is 19.5. The van der Waals surface area contributed by atoms with Crippen molar-refractivity contribution in [2.75, 3.05) is 24.5 Å². The molecule has 2 aliphatic heterocycles. The molecule has 0 N–H and O–H groups in total. The van der Waals surface area contributed by atoms with E-state index in [1.165, 1.54) is 18.2 Å². The van der Waals surface area contributed by atoms with Crippen LogP contribution in [0.1, 0.15) is 41.4 Å². The molecule has 0 atom stereocenters. The van der Waals surface area contributed by atoms with Gasteiger partial charge < -0.3 is 9.80 Å². The Kier molecular flexibility index (Phi) is 6.38. The third-order valence-corrected chi connectivity index (χ3v) is 7.15. The number of fused-ring (bicyclic) bond motifs is 1. The topological polar surface area (TPSA) is 92.5 Å². The highest BCUT2D eigenvalue weighted by Crippen LogP contribution is 2.33. The lowest BCUT2D eigenvalue weighted by Crippen LogP contribution is -2.40. The number of hydrogen-bond donors (Lipinski definition) is 0. The molecule has 1 aromatic heterocycles. The number of carbonyl (C=O) groups excluding carboxylic acids is 1. The Bertz CT molecular complexity index is 1280. The van der Waals surface area contributed by atoms with Gasteiger partial charge >= 0.3 is 0 Å². The van der Waals surface area contributed by atoms with Crippen molar-refractivity contribution in [1.82, 2.24) is 14.9 Å². The van der Waals surface area contributed by atoms with Crippen molar-refractivity contribution in [2.24, 2.45) is 5.92 Å². The van der Waals surface area contributed by atoms with Crippen LogP contribution in [0, 0.1) is 16.0 Å². The predicted octanol–water partition coefficient (Wildman–Crippen LogP) is 5.14. The van der Waals surface area contributed by atoms with Gasteiger partial charge in [0.25, 0.3) is 11.6 Å². The number of benzene rings is 2. The first-order valence-corrected chi connectivity index (χ1v) is 12.2. The molecule has 1 amide bonds. The minimum Gasteiger partial charge on any atom is -0.356 e. The van der Waals surface area contributed by atoms with E-state index < -0.39 is 4.92 Å². The Hall–Kier alpha value is -3.52. The fourth-order valence-corrected chi connectivity index (χ4v) is 4.92. The van der Waals surface area contributed by atoms with Crippen LogP contribution in [0.4, 0.5) is 11.5 Å². The minimum atomic E-state index is -0.570. The summed E-state index contributed by atoms with van der Waals surface area (Å²) in [6.07, 6.45) is 2.78. The van der Waals surface area contributed by atoms with Crippen LogP contribution < -0.4 is 4.90 Å². The smallest absolute Gasteiger partial charge is 0.288 e. The Balaban J connectivity index is 1.50. The minimum absolute atomic E-state index is 0.0130. The normalized spacial score (nSPS) is 16.2. The number of nitrogens with zero attached hydrogens (tertiary/aromatic N) is 5. The van der Waals surface area contributed by atoms with Crippen LogP contribution in [-0.4, -0.2) is 45.3 Å². The van der Waals surface area contributed by atoms with Crippen molar-refractivity contribution < 1.29 is 9.72 Å². The largest absolute Gasteiger partial charge is 0.356 e. The SMILES string of the molecule is CC1CCN(c2nc(-c3ccccc3)nc3c2CN(C(=O)c2ccc(Cl)c([N+](=O)[O-])c2)CC3)CC1. The molecule has 180 valence electrons. The van der Waals surface area contributed by atoms with Crippen LogP contribution in [-0.2, 0) is 13.0 Å². The molecule has 0 spiro atoms. The molecule has 0 aliphatic carbocycles. The number of piperidine rings is 1. The fourth-order valence-electron chi connectivity index (χ4n) is 4.74. The van der Waals surface area contributed by atoms with Crippen LogP contribution in [0.25, 0.3) is 11.4 Å². The number of rotatable bonds is 4. The predicted molar refractivity (Wildman–Crippen MR) is 135 cm³/mol. The maximum absolute atomic E-state index is 13.3. The van der Waals surface area contributed by atoms with Gasteiger partial charge in [0, 0.05) is 48.8 Å². The van der Waals surface area contributed by atoms with Crippen LogP contribution in [0.5, 0.6) is 0 Å². The van der Waals surface area contributed by atoms with Gasteiger partial charge in [0.1, 0.15) is 10.8 Å². The van der Waals surface area contributed by atoms with E-state index in [1.54, 1.807) is 4.90 Å². The number of hydrogen-bond acceptors (Lipinski definition) is 6. The average Bonchev–Trinajstić information content (AvgIpc) is 2.88. The molecule has 0 bridgehead atoms. The molecule has 3 heterocycles. The van der Waals surface area contributed by atoms with Crippen LogP contribution in [0.15, 0.2) is 48.5 Å². The van der Waals surface area contributed by atoms with Gasteiger partial charge in [-0.05, 0) is 30.9 Å². The van der Waals surface area contributed by atoms with E-state index >= 15 is 0 Å². The maximum Gasteiger partial charge on any atom is 0.288 e. The molecule has 1 saturated heterocycles. The van der Waals surface area contributed by atoms with Gasteiger partial charge in [0.15, 0.2) is 5.82 Å². The van der Waals surface area contributed by atoms with E-state index in [0.717, 1.165) is 48.6 Å². The van der Waals surface area contributed by atoms with Crippen molar-refractivity contribution in [2.45, 2.75) is 32.7 Å². The molecule has 0 radical (unpaired) electrons. The summed E-state index contributed by atoms with van der Waals surface area (Å²) in [6.45, 7) is 4.94. The van der Waals surface area contributed by atoms with Crippen molar-refractivity contribution in [3.8, 4) is 11.4 Å². The molecule has 0 saturated carbocycles. The molecule has 8 nitrogen and oxygen atoms in total. The number of carbonyl (C=O) groups is 1. The van der Waals surface area contributed by atoms with E-state index in [2.05, 4.69) is 11.8 Å². The van der Waals surface area contributed by atoms with E-state index in [1.807, 2.05) is 30.3 Å². The Labute approximate surface area is 208 Å². The molecule has 1 fully saturated rings. The van der Waals surface area contributed by atoms with E-state index in [0.29, 0.717) is 31.3 Å². The number of aromatic nitrogens is 2. The Morgan fingerprint density at radius 1 is 1.09 bits per heavy atom. The highest BCUT2D eigenvalue weighted by Gasteiger charge is 2.30. The summed E-state index contributed by atoms with van der Waals surface area (Å²) in [5.41, 5.74) is 2.86. The standard InChI is InChI=1S/C26H26ClN5O3/c1-17-9-12-30(13-10-17)25-20-16-31(26(33)19-7-8-21(27)23(15-19)32(34)35)14-11-22(20)28-24(29-25)18-5-3-2-4-6-18/h2-8,15,17H,9-14,16H2,1H3. The zero-order valence-corrected chi connectivity index (χ0v) is 20.2. The van der Waals surface area contributed by atoms with E-state index in [9.17, 15) is 14.9 Å². The summed E-state index contributed by atoms with van der Waals surface area (Å²) in [7, 11) is 0. The van der Waals surface area contributed by atoms with Crippen LogP contribution >= 0.6 is 11.6 Å². The summed E-state index contributed by atoms with van der Waals surface area (Å²) in [5, 5.41) is 11.3. The van der Waals surface area contributed by atoms with Crippen molar-refractivity contribution in [3.63, 3.8) is 0 Å². The number of nitro benzene ring substituents is 1. The molecule has 3 aromatic rings. The molecule has 0 unspecified atom stereocenters. The van der Waals surface area contributed by atoms with Crippen molar-refractivity contribution >= 4 is 29.0 Å². The van der Waals surface area contributed by atoms with E-state index in [-0.39, 0.29) is 22.2 Å². The van der Waals surface area contributed by atoms with E-state index in [4.69, 9.17) is 21.6 Å². The lowest BCUT2D eigenvalue weighted by Gasteiger charge is -2.36. The maximum atomic E-state index is 13.3. The average molecular weight is 492 g/mol. The second kappa shape index (κ2) is 9.62. The molecular formula is C26H26ClN5O3. The summed E-state index contributed by atoms with van der Waals surface area (Å²) < 4.78 is 0. The third-order valence-electron chi connectivity index (χ3n) is 6.83. The first-order valence-electron chi connectivity index (χ1n) is 11.8. The first-order chi connectivity index (χ1) is 16.9. The lowest BCUT2D eigenvalue weighted by atomic mass is 9.97. The van der Waals surface area contributed by atoms with Crippen molar-refractivity contribution in [3.05, 3.63) is 80.5 Å². The summed E-state index contributed by atoms with van der Waals surface area (Å²) in [4.78, 5) is 38.0. The molecule has 9 heteroatoms. The fraction of sp³-hybridized carbons (Fsp3) is 0.346. The lowest BCUT2D eigenvalue weighted by molar-refractivity contribution is -0.384. The highest BCUT2D eigenvalue weighted by molar-refractivity contribution is 6.32. The monoisotopic (exact) mass is 491 g/mol. The molecule has 2 aliphatic rings. The van der Waals surface area contributed by atoms with Gasteiger partial charge in [-0.3, -0.25) is 14.9 Å². The number of amides is 1. The summed E-state index contributed by atoms with van der Waals surface area (Å²) in [6, 6.07) is 14.1. The number of nitro groups is 1. The highest BCUT2D eigenvalue weighted by atomic mass is 35.5. The van der Waals surface area contributed by atoms with Gasteiger partial charge in [0.05, 0.1) is 17.2 Å². The Morgan fingerprint density at radius 3 is 2.54 bits per heavy atom. The molecule has 35 heavy (non-hydrogen) atoms. The number of anilines is 1. The summed E-state index contributed by atoms with van der Waals surface area (Å²) >= 11 is 5.94. The third kappa shape index (κ3) is 4.71. The summed E-state index contributed by atoms with van der Waals surface area (Å²) in [5.74, 6) is 2.00. The van der Waals surface area contributed by atoms with Crippen LogP contribution in [0.2, 0.25) is 5.02 Å². The van der Waals surface area contributed by atoms with Crippen LogP contribution in [0.3, 0.4) is 0 Å². The first kappa shape index (κ1) is 23.2. The molecule has 2 aromatic carbocycles. The van der Waals surface area contributed by atoms with Gasteiger partial charge in [0.2, 0.25) is 0 Å². The second-order valence-electron chi connectivity index (χ2n) is 9.23. The molecule has 5 rings (SSSR count). The Morgan fingerprint density at radius 2 is 1.83 bits per heavy atom. The van der Waals surface area contributed by atoms with Gasteiger partial charge in [-0.1, -0.05) is 48.9 Å². The van der Waals surface area contributed by atoms with Gasteiger partial charge in [-0.2, -0.15) is 0 Å². The molecular weight excluding hydrogens is 466 g/mol. The van der Waals surface area contributed by atoms with Gasteiger partial charge in [-0.25, -0.2) is 9.97 Å². The quantitative estimate of drug-likeness (QED) is 0.370. The van der Waals surface area contributed by atoms with Crippen molar-refractivity contribution in [1.29, 1.82) is 0 Å². The second-order valence-corrected chi connectivity index (χ2v) is 9.64. The van der Waals surface area contributed by atoms with Gasteiger partial charge in [-0.15, -0.1) is 0 Å². The zero-order chi connectivity index (χ0) is 24.5.